The highest BCUT2D eigenvalue weighted by Gasteiger charge is 2.23. The number of nitrogens with one attached hydrogen (secondary N) is 1. The van der Waals surface area contributed by atoms with Gasteiger partial charge in [-0.2, -0.15) is 0 Å². The predicted molar refractivity (Wildman–Crippen MR) is 100 cm³/mol. The number of hydrogen-bond donors (Lipinski definition) is 1. The maximum absolute atomic E-state index is 12.3. The Morgan fingerprint density at radius 2 is 1.88 bits per heavy atom. The molecule has 138 valence electrons. The number of aromatic nitrogens is 1. The van der Waals surface area contributed by atoms with Crippen LogP contribution in [0, 0.1) is 5.92 Å². The van der Waals surface area contributed by atoms with Crippen molar-refractivity contribution in [3.8, 4) is 0 Å². The molecule has 0 unspecified atom stereocenters. The van der Waals surface area contributed by atoms with Gasteiger partial charge in [-0.15, -0.1) is 0 Å². The monoisotopic (exact) mass is 344 g/mol. The highest BCUT2D eigenvalue weighted by molar-refractivity contribution is 5.78. The van der Waals surface area contributed by atoms with Gasteiger partial charge in [-0.3, -0.25) is 14.7 Å². The normalized spacial score (nSPS) is 25.6. The van der Waals surface area contributed by atoms with Crippen molar-refractivity contribution in [3.05, 3.63) is 30.1 Å². The molecule has 0 bridgehead atoms. The van der Waals surface area contributed by atoms with Crippen LogP contribution in [0.25, 0.3) is 0 Å². The topological polar surface area (TPSA) is 48.5 Å². The van der Waals surface area contributed by atoms with Gasteiger partial charge >= 0.3 is 0 Å². The lowest BCUT2D eigenvalue weighted by Gasteiger charge is -2.35. The average molecular weight is 345 g/mol. The van der Waals surface area contributed by atoms with Crippen molar-refractivity contribution in [2.45, 2.75) is 45.1 Å². The summed E-state index contributed by atoms with van der Waals surface area (Å²) < 4.78 is 0. The van der Waals surface area contributed by atoms with E-state index in [0.717, 1.165) is 57.9 Å². The number of piperazine rings is 1. The number of hydrogen-bond acceptors (Lipinski definition) is 4. The lowest BCUT2D eigenvalue weighted by molar-refractivity contribution is -0.123. The van der Waals surface area contributed by atoms with Gasteiger partial charge in [0.05, 0.1) is 6.54 Å². The average Bonchev–Trinajstić information content (AvgIpc) is 2.62. The fourth-order valence-corrected chi connectivity index (χ4v) is 4.05. The molecular formula is C20H32N4O. The third kappa shape index (κ3) is 6.08. The number of rotatable bonds is 6. The SMILES string of the molecule is C[C@H]1CCC[C@@H](NC(=O)CN2CCN(CCc3ccncc3)CC2)C1. The molecule has 1 N–H and O–H groups in total. The van der Waals surface area contributed by atoms with E-state index >= 15 is 0 Å². The number of pyridine rings is 1. The first kappa shape index (κ1) is 18.3. The Bertz CT molecular complexity index is 528. The number of nitrogens with zero attached hydrogens (tertiary/aromatic N) is 3. The van der Waals surface area contributed by atoms with Crippen LogP contribution in [0.1, 0.15) is 38.2 Å². The highest BCUT2D eigenvalue weighted by atomic mass is 16.2. The van der Waals surface area contributed by atoms with E-state index in [1.54, 1.807) is 0 Å². The first-order valence-corrected chi connectivity index (χ1v) is 9.82. The minimum absolute atomic E-state index is 0.212. The molecule has 3 rings (SSSR count). The zero-order valence-corrected chi connectivity index (χ0v) is 15.5. The van der Waals surface area contributed by atoms with Crippen LogP contribution in [0.3, 0.4) is 0 Å². The zero-order chi connectivity index (χ0) is 17.5. The Morgan fingerprint density at radius 1 is 1.16 bits per heavy atom. The summed E-state index contributed by atoms with van der Waals surface area (Å²) in [6.45, 7) is 8.03. The van der Waals surface area contributed by atoms with E-state index in [1.165, 1.54) is 18.4 Å². The van der Waals surface area contributed by atoms with E-state index in [4.69, 9.17) is 0 Å². The molecule has 25 heavy (non-hydrogen) atoms. The minimum Gasteiger partial charge on any atom is -0.352 e. The van der Waals surface area contributed by atoms with Crippen molar-refractivity contribution in [1.29, 1.82) is 0 Å². The second-order valence-electron chi connectivity index (χ2n) is 7.76. The van der Waals surface area contributed by atoms with Gasteiger partial charge in [0.1, 0.15) is 0 Å². The molecule has 2 atom stereocenters. The van der Waals surface area contributed by atoms with Gasteiger partial charge in [-0.1, -0.05) is 19.8 Å². The van der Waals surface area contributed by atoms with Crippen LogP contribution in [0.2, 0.25) is 0 Å². The molecular weight excluding hydrogens is 312 g/mol. The van der Waals surface area contributed by atoms with E-state index in [-0.39, 0.29) is 5.91 Å². The summed E-state index contributed by atoms with van der Waals surface area (Å²) in [6, 6.07) is 4.58. The van der Waals surface area contributed by atoms with Gasteiger partial charge in [0.15, 0.2) is 0 Å². The molecule has 1 aromatic rings. The van der Waals surface area contributed by atoms with Crippen molar-refractivity contribution < 1.29 is 4.79 Å². The van der Waals surface area contributed by atoms with Crippen LogP contribution >= 0.6 is 0 Å². The van der Waals surface area contributed by atoms with E-state index in [0.29, 0.717) is 12.6 Å². The first-order valence-electron chi connectivity index (χ1n) is 9.82. The van der Waals surface area contributed by atoms with Crippen LogP contribution in [0.15, 0.2) is 24.5 Å². The van der Waals surface area contributed by atoms with Crippen molar-refractivity contribution in [2.75, 3.05) is 39.3 Å². The lowest BCUT2D eigenvalue weighted by Crippen LogP contribution is -2.51. The molecule has 1 saturated heterocycles. The molecule has 1 saturated carbocycles. The number of carbonyl (C=O) groups excluding carboxylic acids is 1. The van der Waals surface area contributed by atoms with Gasteiger partial charge in [0.25, 0.3) is 0 Å². The Labute approximate surface area is 151 Å². The summed E-state index contributed by atoms with van der Waals surface area (Å²) in [7, 11) is 0. The lowest BCUT2D eigenvalue weighted by atomic mass is 9.87. The summed E-state index contributed by atoms with van der Waals surface area (Å²) >= 11 is 0. The molecule has 0 radical (unpaired) electrons. The van der Waals surface area contributed by atoms with E-state index in [9.17, 15) is 4.79 Å². The Morgan fingerprint density at radius 3 is 2.60 bits per heavy atom. The molecule has 0 aromatic carbocycles. The third-order valence-electron chi connectivity index (χ3n) is 5.60. The third-order valence-corrected chi connectivity index (χ3v) is 5.60. The van der Waals surface area contributed by atoms with E-state index in [1.807, 2.05) is 12.4 Å². The van der Waals surface area contributed by atoms with Crippen molar-refractivity contribution in [2.24, 2.45) is 5.92 Å². The molecule has 1 aliphatic heterocycles. The Balaban J connectivity index is 1.32. The molecule has 1 amide bonds. The maximum Gasteiger partial charge on any atom is 0.234 e. The van der Waals surface area contributed by atoms with Crippen molar-refractivity contribution in [1.82, 2.24) is 20.1 Å². The standard InChI is InChI=1S/C20H32N4O/c1-17-3-2-4-19(15-17)22-20(25)16-24-13-11-23(12-14-24)10-7-18-5-8-21-9-6-18/h5-6,8-9,17,19H,2-4,7,10-16H2,1H3,(H,22,25)/t17-,19+/m0/s1. The molecule has 0 spiro atoms. The van der Waals surface area contributed by atoms with Gasteiger partial charge in [0, 0.05) is 51.2 Å². The number of amides is 1. The van der Waals surface area contributed by atoms with Crippen LogP contribution in [0.4, 0.5) is 0 Å². The fraction of sp³-hybridized carbons (Fsp3) is 0.700. The van der Waals surface area contributed by atoms with E-state index in [2.05, 4.69) is 39.2 Å². The summed E-state index contributed by atoms with van der Waals surface area (Å²) in [5, 5.41) is 3.25. The Hall–Kier alpha value is -1.46. The summed E-state index contributed by atoms with van der Waals surface area (Å²) in [5.74, 6) is 0.965. The van der Waals surface area contributed by atoms with Gasteiger partial charge in [-0.25, -0.2) is 0 Å². The van der Waals surface area contributed by atoms with Crippen LogP contribution in [-0.2, 0) is 11.2 Å². The molecule has 1 aromatic heterocycles. The van der Waals surface area contributed by atoms with Gasteiger partial charge in [0.2, 0.25) is 5.91 Å². The smallest absolute Gasteiger partial charge is 0.234 e. The summed E-state index contributed by atoms with van der Waals surface area (Å²) in [6.07, 6.45) is 9.66. The first-order chi connectivity index (χ1) is 12.2. The summed E-state index contributed by atoms with van der Waals surface area (Å²) in [4.78, 5) is 21.2. The van der Waals surface area contributed by atoms with Crippen molar-refractivity contribution in [3.63, 3.8) is 0 Å². The maximum atomic E-state index is 12.3. The predicted octanol–water partition coefficient (Wildman–Crippen LogP) is 1.94. The quantitative estimate of drug-likeness (QED) is 0.857. The molecule has 2 fully saturated rings. The molecule has 1 aliphatic carbocycles. The largest absolute Gasteiger partial charge is 0.352 e. The Kier molecular flexibility index (Phi) is 6.82. The zero-order valence-electron chi connectivity index (χ0n) is 15.5. The second kappa shape index (κ2) is 9.30. The molecule has 5 heteroatoms. The minimum atomic E-state index is 0.212. The molecule has 5 nitrogen and oxygen atoms in total. The number of carbonyl (C=O) groups is 1. The van der Waals surface area contributed by atoms with Gasteiger partial charge < -0.3 is 10.2 Å². The summed E-state index contributed by atoms with van der Waals surface area (Å²) in [5.41, 5.74) is 1.35. The van der Waals surface area contributed by atoms with Crippen LogP contribution in [0.5, 0.6) is 0 Å². The molecule has 2 heterocycles. The fourth-order valence-electron chi connectivity index (χ4n) is 4.05. The van der Waals surface area contributed by atoms with Crippen LogP contribution in [-0.4, -0.2) is 66.0 Å². The molecule has 2 aliphatic rings. The second-order valence-corrected chi connectivity index (χ2v) is 7.76. The van der Waals surface area contributed by atoms with Crippen molar-refractivity contribution >= 4 is 5.91 Å². The van der Waals surface area contributed by atoms with E-state index < -0.39 is 0 Å². The highest BCUT2D eigenvalue weighted by Crippen LogP contribution is 2.23. The van der Waals surface area contributed by atoms with Crippen LogP contribution < -0.4 is 5.32 Å². The van der Waals surface area contributed by atoms with Gasteiger partial charge in [-0.05, 0) is 42.9 Å².